The molecule has 3 heterocycles. The summed E-state index contributed by atoms with van der Waals surface area (Å²) >= 11 is 0. The number of aryl methyl sites for hydroxylation is 1. The average Bonchev–Trinajstić information content (AvgIpc) is 3.04. The van der Waals surface area contributed by atoms with Crippen LogP contribution in [0, 0.1) is 5.82 Å². The Labute approximate surface area is 163 Å². The zero-order valence-electron chi connectivity index (χ0n) is 16.3. The SMILES string of the molecule is CCc1n[nH]c2nc(-c3ccc(O)cc3F)cc(CN3CCCC(C)(N)C3)c12. The third-order valence-corrected chi connectivity index (χ3v) is 5.45. The summed E-state index contributed by atoms with van der Waals surface area (Å²) in [6.45, 7) is 6.67. The maximum Gasteiger partial charge on any atom is 0.156 e. The lowest BCUT2D eigenvalue weighted by molar-refractivity contribution is 0.154. The highest BCUT2D eigenvalue weighted by Gasteiger charge is 2.27. The molecule has 148 valence electrons. The summed E-state index contributed by atoms with van der Waals surface area (Å²) in [7, 11) is 0. The summed E-state index contributed by atoms with van der Waals surface area (Å²) in [6.07, 6.45) is 2.87. The number of aromatic amines is 1. The van der Waals surface area contributed by atoms with Crippen molar-refractivity contribution in [1.29, 1.82) is 0 Å². The first-order valence-electron chi connectivity index (χ1n) is 9.73. The van der Waals surface area contributed by atoms with Gasteiger partial charge in [-0.2, -0.15) is 5.10 Å². The van der Waals surface area contributed by atoms with Crippen LogP contribution < -0.4 is 5.73 Å². The molecule has 1 saturated heterocycles. The van der Waals surface area contributed by atoms with E-state index in [1.165, 1.54) is 6.07 Å². The molecule has 7 heteroatoms. The smallest absolute Gasteiger partial charge is 0.156 e. The number of pyridine rings is 1. The summed E-state index contributed by atoms with van der Waals surface area (Å²) < 4.78 is 14.4. The Hall–Kier alpha value is -2.51. The highest BCUT2D eigenvalue weighted by Crippen LogP contribution is 2.31. The zero-order valence-corrected chi connectivity index (χ0v) is 16.3. The van der Waals surface area contributed by atoms with E-state index in [1.807, 2.05) is 6.07 Å². The lowest BCUT2D eigenvalue weighted by atomic mass is 9.92. The van der Waals surface area contributed by atoms with Crippen molar-refractivity contribution in [3.05, 3.63) is 41.3 Å². The minimum absolute atomic E-state index is 0.104. The monoisotopic (exact) mass is 383 g/mol. The zero-order chi connectivity index (χ0) is 19.9. The maximum atomic E-state index is 14.4. The highest BCUT2D eigenvalue weighted by molar-refractivity contribution is 5.85. The number of hydrogen-bond donors (Lipinski definition) is 3. The summed E-state index contributed by atoms with van der Waals surface area (Å²) in [4.78, 5) is 6.95. The molecule has 4 rings (SSSR count). The van der Waals surface area contributed by atoms with Crippen LogP contribution in [0.2, 0.25) is 0 Å². The van der Waals surface area contributed by atoms with E-state index in [0.717, 1.165) is 55.1 Å². The largest absolute Gasteiger partial charge is 0.508 e. The van der Waals surface area contributed by atoms with Crippen molar-refractivity contribution in [2.75, 3.05) is 13.1 Å². The molecular formula is C21H26FN5O. The molecule has 0 amide bonds. The second-order valence-corrected chi connectivity index (χ2v) is 8.05. The Morgan fingerprint density at radius 3 is 2.89 bits per heavy atom. The van der Waals surface area contributed by atoms with E-state index in [1.54, 1.807) is 6.07 Å². The quantitative estimate of drug-likeness (QED) is 0.643. The van der Waals surface area contributed by atoms with Crippen LogP contribution in [0.1, 0.15) is 37.9 Å². The fraction of sp³-hybridized carbons (Fsp3) is 0.429. The number of nitrogens with zero attached hydrogens (tertiary/aromatic N) is 3. The van der Waals surface area contributed by atoms with Crippen molar-refractivity contribution in [2.24, 2.45) is 5.73 Å². The number of benzene rings is 1. The molecule has 28 heavy (non-hydrogen) atoms. The van der Waals surface area contributed by atoms with Crippen LogP contribution in [-0.2, 0) is 13.0 Å². The molecule has 0 radical (unpaired) electrons. The summed E-state index contributed by atoms with van der Waals surface area (Å²) in [5.74, 6) is -0.603. The van der Waals surface area contributed by atoms with E-state index in [-0.39, 0.29) is 11.3 Å². The Kier molecular flexibility index (Phi) is 4.81. The first kappa shape index (κ1) is 18.8. The minimum Gasteiger partial charge on any atom is -0.508 e. The standard InChI is InChI=1S/C21H26FN5O/c1-3-17-19-13(11-27-8-4-7-21(2,23)12-27)9-18(24-20(19)26-25-17)15-6-5-14(28)10-16(15)22/h5-6,9-10,28H,3-4,7-8,11-12,23H2,1-2H3,(H,24,25,26). The van der Waals surface area contributed by atoms with Crippen molar-refractivity contribution < 1.29 is 9.50 Å². The number of piperidine rings is 1. The van der Waals surface area contributed by atoms with E-state index in [4.69, 9.17) is 5.73 Å². The molecular weight excluding hydrogens is 357 g/mol. The van der Waals surface area contributed by atoms with Gasteiger partial charge in [0.05, 0.1) is 11.4 Å². The van der Waals surface area contributed by atoms with E-state index in [0.29, 0.717) is 23.4 Å². The molecule has 1 atom stereocenters. The number of rotatable bonds is 4. The number of aromatic nitrogens is 3. The number of phenolic OH excluding ortho intramolecular Hbond substituents is 1. The second-order valence-electron chi connectivity index (χ2n) is 8.05. The topological polar surface area (TPSA) is 91.1 Å². The van der Waals surface area contributed by atoms with Gasteiger partial charge in [0, 0.05) is 35.6 Å². The van der Waals surface area contributed by atoms with Crippen molar-refractivity contribution in [2.45, 2.75) is 45.2 Å². The highest BCUT2D eigenvalue weighted by atomic mass is 19.1. The number of hydrogen-bond acceptors (Lipinski definition) is 5. The van der Waals surface area contributed by atoms with Crippen LogP contribution in [0.3, 0.4) is 0 Å². The fourth-order valence-corrected chi connectivity index (χ4v) is 4.16. The van der Waals surface area contributed by atoms with Crippen LogP contribution in [0.4, 0.5) is 4.39 Å². The minimum atomic E-state index is -0.500. The van der Waals surface area contributed by atoms with Crippen LogP contribution in [0.15, 0.2) is 24.3 Å². The number of nitrogens with two attached hydrogens (primary N) is 1. The number of nitrogens with one attached hydrogen (secondary N) is 1. The molecule has 1 aliphatic rings. The van der Waals surface area contributed by atoms with Gasteiger partial charge >= 0.3 is 0 Å². The van der Waals surface area contributed by atoms with Gasteiger partial charge in [-0.05, 0) is 56.5 Å². The second kappa shape index (κ2) is 7.14. The summed E-state index contributed by atoms with van der Waals surface area (Å²) in [6, 6.07) is 6.07. The first-order chi connectivity index (χ1) is 13.4. The molecule has 2 aromatic heterocycles. The van der Waals surface area contributed by atoms with Crippen molar-refractivity contribution in [3.8, 4) is 17.0 Å². The van der Waals surface area contributed by atoms with E-state index >= 15 is 0 Å². The molecule has 0 aliphatic carbocycles. The van der Waals surface area contributed by atoms with Gasteiger partial charge in [-0.1, -0.05) is 6.92 Å². The van der Waals surface area contributed by atoms with E-state index in [2.05, 4.69) is 33.9 Å². The number of fused-ring (bicyclic) bond motifs is 1. The molecule has 1 aliphatic heterocycles. The molecule has 0 spiro atoms. The molecule has 1 aromatic carbocycles. The lowest BCUT2D eigenvalue weighted by Gasteiger charge is -2.38. The van der Waals surface area contributed by atoms with Crippen LogP contribution in [0.25, 0.3) is 22.3 Å². The Morgan fingerprint density at radius 1 is 1.36 bits per heavy atom. The van der Waals surface area contributed by atoms with Crippen molar-refractivity contribution in [3.63, 3.8) is 0 Å². The average molecular weight is 383 g/mol. The van der Waals surface area contributed by atoms with Gasteiger partial charge in [0.1, 0.15) is 11.6 Å². The van der Waals surface area contributed by atoms with Gasteiger partial charge in [-0.15, -0.1) is 0 Å². The van der Waals surface area contributed by atoms with Gasteiger partial charge in [0.25, 0.3) is 0 Å². The molecule has 1 unspecified atom stereocenters. The van der Waals surface area contributed by atoms with Crippen LogP contribution >= 0.6 is 0 Å². The number of phenols is 1. The number of halogens is 1. The first-order valence-corrected chi connectivity index (χ1v) is 9.73. The van der Waals surface area contributed by atoms with Gasteiger partial charge in [-0.25, -0.2) is 9.37 Å². The van der Waals surface area contributed by atoms with Crippen molar-refractivity contribution >= 4 is 11.0 Å². The number of likely N-dealkylation sites (tertiary alicyclic amines) is 1. The predicted molar refractivity (Wildman–Crippen MR) is 107 cm³/mol. The van der Waals surface area contributed by atoms with Gasteiger partial charge in [0.15, 0.2) is 5.65 Å². The predicted octanol–water partition coefficient (Wildman–Crippen LogP) is 3.35. The molecule has 0 bridgehead atoms. The lowest BCUT2D eigenvalue weighted by Crippen LogP contribution is -2.51. The van der Waals surface area contributed by atoms with Crippen LogP contribution in [0.5, 0.6) is 5.75 Å². The van der Waals surface area contributed by atoms with Crippen molar-refractivity contribution in [1.82, 2.24) is 20.1 Å². The van der Waals surface area contributed by atoms with E-state index < -0.39 is 5.82 Å². The molecule has 4 N–H and O–H groups in total. The Bertz CT molecular complexity index is 1010. The summed E-state index contributed by atoms with van der Waals surface area (Å²) in [5, 5.41) is 17.9. The third-order valence-electron chi connectivity index (χ3n) is 5.45. The molecule has 3 aromatic rings. The Morgan fingerprint density at radius 2 is 2.18 bits per heavy atom. The molecule has 0 saturated carbocycles. The summed E-state index contributed by atoms with van der Waals surface area (Å²) in [5.41, 5.74) is 9.75. The normalized spacial score (nSPS) is 20.7. The third kappa shape index (κ3) is 3.59. The van der Waals surface area contributed by atoms with Crippen LogP contribution in [-0.4, -0.2) is 43.8 Å². The van der Waals surface area contributed by atoms with Gasteiger partial charge in [-0.3, -0.25) is 10.00 Å². The number of aromatic hydroxyl groups is 1. The van der Waals surface area contributed by atoms with Gasteiger partial charge in [0.2, 0.25) is 0 Å². The molecule has 6 nitrogen and oxygen atoms in total. The Balaban J connectivity index is 1.79. The van der Waals surface area contributed by atoms with Gasteiger partial charge < -0.3 is 10.8 Å². The number of H-pyrrole nitrogens is 1. The van der Waals surface area contributed by atoms with E-state index in [9.17, 15) is 9.50 Å². The maximum absolute atomic E-state index is 14.4. The fourth-order valence-electron chi connectivity index (χ4n) is 4.16. The molecule has 1 fully saturated rings.